The first-order valence-electron chi connectivity index (χ1n) is 7.58. The molecule has 0 bridgehead atoms. The molecule has 1 heterocycles. The molecule has 1 aliphatic heterocycles. The van der Waals surface area contributed by atoms with E-state index in [-0.39, 0.29) is 30.5 Å². The standard InChI is InChI=1S/C15H26N2O2/c1-2-8-17-9-4-3-5-14(17)15(19)16-13-7-6-12(10-13)11-18/h6-7,12-14,18H,2-5,8-11H2,1H3,(H,16,19)/t12-,13+,14-/m0/s1. The Morgan fingerprint density at radius 1 is 1.42 bits per heavy atom. The minimum absolute atomic E-state index is 0.0512. The Labute approximate surface area is 115 Å². The van der Waals surface area contributed by atoms with Crippen LogP contribution in [0.5, 0.6) is 0 Å². The van der Waals surface area contributed by atoms with Gasteiger partial charge in [-0.2, -0.15) is 0 Å². The summed E-state index contributed by atoms with van der Waals surface area (Å²) in [7, 11) is 0. The van der Waals surface area contributed by atoms with Gasteiger partial charge in [-0.15, -0.1) is 0 Å². The summed E-state index contributed by atoms with van der Waals surface area (Å²) in [6.07, 6.45) is 9.30. The number of carbonyl (C=O) groups excluding carboxylic acids is 1. The second-order valence-electron chi connectivity index (χ2n) is 5.73. The Kier molecular flexibility index (Phi) is 5.40. The first kappa shape index (κ1) is 14.5. The summed E-state index contributed by atoms with van der Waals surface area (Å²) in [6.45, 7) is 4.40. The second kappa shape index (κ2) is 7.06. The van der Waals surface area contributed by atoms with E-state index in [9.17, 15) is 4.79 Å². The number of carbonyl (C=O) groups is 1. The number of piperidine rings is 1. The van der Waals surface area contributed by atoms with E-state index in [0.29, 0.717) is 0 Å². The summed E-state index contributed by atoms with van der Waals surface area (Å²) in [4.78, 5) is 14.7. The molecule has 108 valence electrons. The maximum absolute atomic E-state index is 12.4. The fourth-order valence-corrected chi connectivity index (χ4v) is 3.14. The number of aliphatic hydroxyl groups is 1. The van der Waals surface area contributed by atoms with E-state index in [0.717, 1.165) is 38.8 Å². The highest BCUT2D eigenvalue weighted by molar-refractivity contribution is 5.82. The van der Waals surface area contributed by atoms with Crippen LogP contribution in [0, 0.1) is 5.92 Å². The molecule has 1 saturated heterocycles. The van der Waals surface area contributed by atoms with Crippen molar-refractivity contribution in [2.75, 3.05) is 19.7 Å². The van der Waals surface area contributed by atoms with Crippen LogP contribution in [0.3, 0.4) is 0 Å². The molecule has 0 radical (unpaired) electrons. The zero-order valence-corrected chi connectivity index (χ0v) is 11.8. The van der Waals surface area contributed by atoms with Crippen LogP contribution in [-0.4, -0.2) is 47.7 Å². The van der Waals surface area contributed by atoms with E-state index >= 15 is 0 Å². The topological polar surface area (TPSA) is 52.6 Å². The minimum atomic E-state index is 0.0512. The van der Waals surface area contributed by atoms with Gasteiger partial charge in [0, 0.05) is 18.6 Å². The van der Waals surface area contributed by atoms with Gasteiger partial charge in [0.05, 0.1) is 6.04 Å². The number of aliphatic hydroxyl groups excluding tert-OH is 1. The first-order chi connectivity index (χ1) is 9.24. The van der Waals surface area contributed by atoms with Gasteiger partial charge in [-0.3, -0.25) is 9.69 Å². The smallest absolute Gasteiger partial charge is 0.237 e. The summed E-state index contributed by atoms with van der Waals surface area (Å²) in [6, 6.07) is 0.158. The molecule has 0 aromatic carbocycles. The van der Waals surface area contributed by atoms with Gasteiger partial charge < -0.3 is 10.4 Å². The molecule has 19 heavy (non-hydrogen) atoms. The largest absolute Gasteiger partial charge is 0.396 e. The molecule has 1 fully saturated rings. The van der Waals surface area contributed by atoms with Gasteiger partial charge in [0.2, 0.25) is 5.91 Å². The van der Waals surface area contributed by atoms with Crippen LogP contribution in [0.25, 0.3) is 0 Å². The lowest BCUT2D eigenvalue weighted by atomic mass is 10.0. The van der Waals surface area contributed by atoms with Crippen LogP contribution in [0.1, 0.15) is 39.0 Å². The van der Waals surface area contributed by atoms with Crippen molar-refractivity contribution < 1.29 is 9.90 Å². The molecule has 1 amide bonds. The molecular formula is C15H26N2O2. The molecule has 0 aromatic heterocycles. The molecule has 2 N–H and O–H groups in total. The zero-order chi connectivity index (χ0) is 13.7. The summed E-state index contributed by atoms with van der Waals surface area (Å²) < 4.78 is 0. The van der Waals surface area contributed by atoms with E-state index < -0.39 is 0 Å². The van der Waals surface area contributed by atoms with Crippen LogP contribution in [0.15, 0.2) is 12.2 Å². The van der Waals surface area contributed by atoms with Crippen molar-refractivity contribution in [3.8, 4) is 0 Å². The van der Waals surface area contributed by atoms with Crippen molar-refractivity contribution in [2.24, 2.45) is 5.92 Å². The van der Waals surface area contributed by atoms with E-state index in [4.69, 9.17) is 5.11 Å². The van der Waals surface area contributed by atoms with Crippen molar-refractivity contribution in [3.05, 3.63) is 12.2 Å². The molecule has 0 saturated carbocycles. The third kappa shape index (κ3) is 3.80. The number of nitrogens with one attached hydrogen (secondary N) is 1. The van der Waals surface area contributed by atoms with E-state index in [1.54, 1.807) is 0 Å². The number of likely N-dealkylation sites (tertiary alicyclic amines) is 1. The summed E-state index contributed by atoms with van der Waals surface area (Å²) in [5.41, 5.74) is 0. The molecular weight excluding hydrogens is 240 g/mol. The van der Waals surface area contributed by atoms with Crippen molar-refractivity contribution >= 4 is 5.91 Å². The predicted octanol–water partition coefficient (Wildman–Crippen LogP) is 1.30. The van der Waals surface area contributed by atoms with Gasteiger partial charge in [-0.1, -0.05) is 25.5 Å². The molecule has 4 nitrogen and oxygen atoms in total. The summed E-state index contributed by atoms with van der Waals surface area (Å²) >= 11 is 0. The highest BCUT2D eigenvalue weighted by Gasteiger charge is 2.30. The van der Waals surface area contributed by atoms with Crippen LogP contribution >= 0.6 is 0 Å². The van der Waals surface area contributed by atoms with Gasteiger partial charge in [0.15, 0.2) is 0 Å². The van der Waals surface area contributed by atoms with Crippen molar-refractivity contribution in [1.82, 2.24) is 10.2 Å². The Bertz CT molecular complexity index is 328. The maximum Gasteiger partial charge on any atom is 0.237 e. The van der Waals surface area contributed by atoms with Crippen LogP contribution < -0.4 is 5.32 Å². The highest BCUT2D eigenvalue weighted by atomic mass is 16.3. The third-order valence-electron chi connectivity index (χ3n) is 4.16. The molecule has 0 unspecified atom stereocenters. The molecule has 0 spiro atoms. The summed E-state index contributed by atoms with van der Waals surface area (Å²) in [5, 5.41) is 12.2. The lowest BCUT2D eigenvalue weighted by molar-refractivity contribution is -0.128. The number of amides is 1. The monoisotopic (exact) mass is 266 g/mol. The zero-order valence-electron chi connectivity index (χ0n) is 11.8. The van der Waals surface area contributed by atoms with Crippen LogP contribution in [0.2, 0.25) is 0 Å². The Morgan fingerprint density at radius 2 is 2.26 bits per heavy atom. The van der Waals surface area contributed by atoms with Gasteiger partial charge >= 0.3 is 0 Å². The molecule has 2 rings (SSSR count). The Hall–Kier alpha value is -0.870. The van der Waals surface area contributed by atoms with Crippen molar-refractivity contribution in [1.29, 1.82) is 0 Å². The lowest BCUT2D eigenvalue weighted by Crippen LogP contribution is -2.51. The number of rotatable bonds is 5. The predicted molar refractivity (Wildman–Crippen MR) is 75.8 cm³/mol. The average molecular weight is 266 g/mol. The van der Waals surface area contributed by atoms with Gasteiger partial charge in [0.25, 0.3) is 0 Å². The number of hydrogen-bond donors (Lipinski definition) is 2. The fourth-order valence-electron chi connectivity index (χ4n) is 3.14. The van der Waals surface area contributed by atoms with Crippen LogP contribution in [0.4, 0.5) is 0 Å². The van der Waals surface area contributed by atoms with E-state index in [1.807, 2.05) is 12.2 Å². The molecule has 2 aliphatic rings. The van der Waals surface area contributed by atoms with Gasteiger partial charge in [-0.05, 0) is 38.8 Å². The van der Waals surface area contributed by atoms with E-state index in [1.165, 1.54) is 6.42 Å². The molecule has 3 atom stereocenters. The second-order valence-corrected chi connectivity index (χ2v) is 5.73. The van der Waals surface area contributed by atoms with Crippen molar-refractivity contribution in [2.45, 2.75) is 51.1 Å². The molecule has 0 aromatic rings. The first-order valence-corrected chi connectivity index (χ1v) is 7.58. The quantitative estimate of drug-likeness (QED) is 0.738. The maximum atomic E-state index is 12.4. The number of nitrogens with zero attached hydrogens (tertiary/aromatic N) is 1. The van der Waals surface area contributed by atoms with Crippen molar-refractivity contribution in [3.63, 3.8) is 0 Å². The fraction of sp³-hybridized carbons (Fsp3) is 0.800. The van der Waals surface area contributed by atoms with Crippen LogP contribution in [-0.2, 0) is 4.79 Å². The molecule has 1 aliphatic carbocycles. The third-order valence-corrected chi connectivity index (χ3v) is 4.16. The van der Waals surface area contributed by atoms with Gasteiger partial charge in [0.1, 0.15) is 0 Å². The molecule has 4 heteroatoms. The normalized spacial score (nSPS) is 31.6. The number of hydrogen-bond acceptors (Lipinski definition) is 3. The highest BCUT2D eigenvalue weighted by Crippen LogP contribution is 2.20. The van der Waals surface area contributed by atoms with E-state index in [2.05, 4.69) is 17.1 Å². The van der Waals surface area contributed by atoms with Gasteiger partial charge in [-0.25, -0.2) is 0 Å². The Balaban J connectivity index is 1.86. The average Bonchev–Trinajstić information content (AvgIpc) is 2.87. The summed E-state index contributed by atoms with van der Waals surface area (Å²) in [5.74, 6) is 0.379. The lowest BCUT2D eigenvalue weighted by Gasteiger charge is -2.35. The SMILES string of the molecule is CCCN1CCCC[C@H]1C(=O)N[C@@H]1C=C[C@H](CO)C1. The minimum Gasteiger partial charge on any atom is -0.396 e. The Morgan fingerprint density at radius 3 is 2.95 bits per heavy atom.